The van der Waals surface area contributed by atoms with Crippen LogP contribution >= 0.6 is 0 Å². The molecule has 0 aromatic carbocycles. The van der Waals surface area contributed by atoms with Crippen molar-refractivity contribution in [3.63, 3.8) is 0 Å². The first kappa shape index (κ1) is 9.91. The average Bonchev–Trinajstić information content (AvgIpc) is 1.94. The minimum absolute atomic E-state index is 0.0885. The van der Waals surface area contributed by atoms with Gasteiger partial charge in [0.25, 0.3) is 11.6 Å². The quantitative estimate of drug-likeness (QED) is 0.731. The number of hydrogen-bond acceptors (Lipinski definition) is 3. The highest BCUT2D eigenvalue weighted by atomic mass is 28.4. The maximum Gasteiger partial charge on any atom is 0.289 e. The van der Waals surface area contributed by atoms with Gasteiger partial charge in [-0.25, -0.2) is 4.98 Å². The Morgan fingerprint density at radius 1 is 1.54 bits per heavy atom. The Bertz CT molecular complexity index is 358. The van der Waals surface area contributed by atoms with Crippen molar-refractivity contribution in [1.29, 1.82) is 0 Å². The summed E-state index contributed by atoms with van der Waals surface area (Å²) in [5, 5.41) is 0. The van der Waals surface area contributed by atoms with Crippen LogP contribution in [0.4, 0.5) is 4.39 Å². The fraction of sp³-hybridized carbons (Fsp3) is 0.429. The second-order valence-electron chi connectivity index (χ2n) is 3.58. The Morgan fingerprint density at radius 3 is 2.62 bits per heavy atom. The molecule has 0 unspecified atom stereocenters. The molecule has 0 saturated heterocycles. The second-order valence-corrected chi connectivity index (χ2v) is 8.01. The predicted octanol–water partition coefficient (Wildman–Crippen LogP) is 1.12. The summed E-state index contributed by atoms with van der Waals surface area (Å²) in [6.07, 6.45) is 0.855. The first-order valence-electron chi connectivity index (χ1n) is 3.82. The molecule has 0 spiro atoms. The van der Waals surface area contributed by atoms with E-state index in [1.807, 2.05) is 19.6 Å². The van der Waals surface area contributed by atoms with Crippen LogP contribution in [0.2, 0.25) is 19.6 Å². The Hall–Kier alpha value is -1.17. The highest BCUT2D eigenvalue weighted by molar-refractivity contribution is 6.70. The lowest BCUT2D eigenvalue weighted by Gasteiger charge is -2.16. The van der Waals surface area contributed by atoms with Crippen molar-refractivity contribution in [3.05, 3.63) is 22.4 Å². The molecule has 0 bridgehead atoms. The van der Waals surface area contributed by atoms with Gasteiger partial charge in [-0.05, 0) is 19.6 Å². The van der Waals surface area contributed by atoms with E-state index in [0.717, 1.165) is 6.20 Å². The third-order valence-electron chi connectivity index (χ3n) is 1.14. The molecule has 1 heterocycles. The molecule has 0 amide bonds. The number of hydrogen-bond donors (Lipinski definition) is 1. The Balaban J connectivity index is 2.93. The van der Waals surface area contributed by atoms with Gasteiger partial charge in [0.05, 0.1) is 6.20 Å². The summed E-state index contributed by atoms with van der Waals surface area (Å²) in [5.74, 6) is -0.900. The summed E-state index contributed by atoms with van der Waals surface area (Å²) < 4.78 is 17.8. The van der Waals surface area contributed by atoms with E-state index in [9.17, 15) is 9.18 Å². The molecule has 13 heavy (non-hydrogen) atoms. The van der Waals surface area contributed by atoms with Gasteiger partial charge < -0.3 is 4.43 Å². The predicted molar refractivity (Wildman–Crippen MR) is 48.8 cm³/mol. The molecule has 1 rings (SSSR count). The number of halogens is 1. The molecule has 0 radical (unpaired) electrons. The summed E-state index contributed by atoms with van der Waals surface area (Å²) >= 11 is 0. The monoisotopic (exact) mass is 202 g/mol. The summed E-state index contributed by atoms with van der Waals surface area (Å²) in [7, 11) is -1.79. The lowest BCUT2D eigenvalue weighted by Crippen LogP contribution is -2.31. The molecule has 0 atom stereocenters. The molecule has 1 N–H and O–H groups in total. The van der Waals surface area contributed by atoms with Crippen molar-refractivity contribution < 1.29 is 8.82 Å². The number of aromatic nitrogens is 2. The molecular formula is C7H11FN2O2Si. The average molecular weight is 202 g/mol. The van der Waals surface area contributed by atoms with E-state index in [1.165, 1.54) is 0 Å². The summed E-state index contributed by atoms with van der Waals surface area (Å²) in [6.45, 7) is 5.82. The smallest absolute Gasteiger partial charge is 0.289 e. The Labute approximate surface area is 75.9 Å². The van der Waals surface area contributed by atoms with E-state index in [0.29, 0.717) is 0 Å². The highest BCUT2D eigenvalue weighted by Crippen LogP contribution is 2.07. The van der Waals surface area contributed by atoms with Crippen LogP contribution in [0.1, 0.15) is 0 Å². The normalized spacial score (nSPS) is 11.4. The number of rotatable bonds is 2. The van der Waals surface area contributed by atoms with Crippen molar-refractivity contribution in [2.75, 3.05) is 0 Å². The van der Waals surface area contributed by atoms with Crippen LogP contribution in [0.25, 0.3) is 0 Å². The Kier molecular flexibility index (Phi) is 2.51. The topological polar surface area (TPSA) is 55.0 Å². The van der Waals surface area contributed by atoms with Crippen LogP contribution in [0.15, 0.2) is 11.0 Å². The van der Waals surface area contributed by atoms with Crippen molar-refractivity contribution in [2.45, 2.75) is 19.6 Å². The van der Waals surface area contributed by atoms with Crippen molar-refractivity contribution >= 4 is 8.32 Å². The van der Waals surface area contributed by atoms with Crippen LogP contribution < -0.4 is 9.99 Å². The van der Waals surface area contributed by atoms with Gasteiger partial charge in [0.2, 0.25) is 14.1 Å². The van der Waals surface area contributed by atoms with Crippen LogP contribution in [-0.4, -0.2) is 18.3 Å². The zero-order valence-corrected chi connectivity index (χ0v) is 8.72. The largest absolute Gasteiger partial charge is 0.519 e. The molecule has 1 aromatic rings. The van der Waals surface area contributed by atoms with Crippen LogP contribution in [-0.2, 0) is 0 Å². The zero-order valence-electron chi connectivity index (χ0n) is 7.72. The van der Waals surface area contributed by atoms with E-state index in [-0.39, 0.29) is 6.01 Å². The first-order valence-corrected chi connectivity index (χ1v) is 7.23. The van der Waals surface area contributed by atoms with Gasteiger partial charge in [-0.3, -0.25) is 9.78 Å². The molecule has 1 aromatic heterocycles. The van der Waals surface area contributed by atoms with Gasteiger partial charge in [0.15, 0.2) is 0 Å². The minimum Gasteiger partial charge on any atom is -0.519 e. The van der Waals surface area contributed by atoms with Gasteiger partial charge in [-0.2, -0.15) is 4.39 Å². The zero-order chi connectivity index (χ0) is 10.1. The molecule has 0 saturated carbocycles. The number of nitrogens with one attached hydrogen (secondary N) is 1. The van der Waals surface area contributed by atoms with Gasteiger partial charge >= 0.3 is 0 Å². The van der Waals surface area contributed by atoms with Gasteiger partial charge in [0, 0.05) is 0 Å². The molecule has 4 nitrogen and oxygen atoms in total. The number of nitrogens with zero attached hydrogens (tertiary/aromatic N) is 1. The van der Waals surface area contributed by atoms with E-state index in [1.54, 1.807) is 0 Å². The summed E-state index contributed by atoms with van der Waals surface area (Å²) in [4.78, 5) is 16.6. The van der Waals surface area contributed by atoms with Crippen LogP contribution in [0.3, 0.4) is 0 Å². The fourth-order valence-electron chi connectivity index (χ4n) is 0.705. The molecule has 6 heteroatoms. The van der Waals surface area contributed by atoms with Gasteiger partial charge in [0.1, 0.15) is 0 Å². The maximum absolute atomic E-state index is 12.5. The molecule has 0 aliphatic rings. The van der Waals surface area contributed by atoms with E-state index >= 15 is 0 Å². The van der Waals surface area contributed by atoms with Crippen LogP contribution in [0, 0.1) is 5.82 Å². The minimum atomic E-state index is -1.79. The fourth-order valence-corrected chi connectivity index (χ4v) is 1.39. The standard InChI is InChI=1S/C7H11FN2O2Si/c1-13(2,3)12-7-9-4-5(8)6(11)10-7/h4H,1-3H3,(H,9,10,11). The summed E-state index contributed by atoms with van der Waals surface area (Å²) in [6, 6.07) is 0.0885. The second kappa shape index (κ2) is 3.29. The van der Waals surface area contributed by atoms with Gasteiger partial charge in [-0.1, -0.05) is 0 Å². The number of H-pyrrole nitrogens is 1. The SMILES string of the molecule is C[Si](C)(C)Oc1ncc(F)c(=O)[nH]1. The Morgan fingerprint density at radius 2 is 2.15 bits per heavy atom. The van der Waals surface area contributed by atoms with Crippen molar-refractivity contribution in [1.82, 2.24) is 9.97 Å². The molecular weight excluding hydrogens is 191 g/mol. The maximum atomic E-state index is 12.5. The number of aromatic amines is 1. The molecule has 0 aliphatic carbocycles. The third kappa shape index (κ3) is 2.98. The van der Waals surface area contributed by atoms with Crippen molar-refractivity contribution in [3.8, 4) is 6.01 Å². The van der Waals surface area contributed by atoms with E-state index < -0.39 is 19.7 Å². The van der Waals surface area contributed by atoms with E-state index in [4.69, 9.17) is 4.43 Å². The summed E-state index contributed by atoms with van der Waals surface area (Å²) in [5.41, 5.74) is -0.803. The third-order valence-corrected chi connectivity index (χ3v) is 1.94. The van der Waals surface area contributed by atoms with Crippen molar-refractivity contribution in [2.24, 2.45) is 0 Å². The molecule has 72 valence electrons. The lowest BCUT2D eigenvalue weighted by atomic mass is 10.6. The van der Waals surface area contributed by atoms with E-state index in [2.05, 4.69) is 9.97 Å². The van der Waals surface area contributed by atoms with Crippen LogP contribution in [0.5, 0.6) is 6.01 Å². The molecule has 0 aliphatic heterocycles. The molecule has 0 fully saturated rings. The van der Waals surface area contributed by atoms with Gasteiger partial charge in [-0.15, -0.1) is 0 Å². The first-order chi connectivity index (χ1) is 5.88. The lowest BCUT2D eigenvalue weighted by molar-refractivity contribution is 0.492. The highest BCUT2D eigenvalue weighted by Gasteiger charge is 2.17.